The summed E-state index contributed by atoms with van der Waals surface area (Å²) in [4.78, 5) is 3.76. The molecule has 1 aromatic heterocycles. The molecule has 0 fully saturated rings. The number of nitrogens with one attached hydrogen (secondary N) is 2. The van der Waals surface area contributed by atoms with E-state index in [9.17, 15) is 0 Å². The number of allylic oxidation sites excluding steroid dienone is 2. The largest absolute Gasteiger partial charge is 0.381 e. The Balaban J connectivity index is 1.55. The summed E-state index contributed by atoms with van der Waals surface area (Å²) in [5, 5.41) is 3.79. The fourth-order valence-electron chi connectivity index (χ4n) is 4.73. The van der Waals surface area contributed by atoms with Crippen molar-refractivity contribution < 1.29 is 4.74 Å². The summed E-state index contributed by atoms with van der Waals surface area (Å²) in [7, 11) is -1.02. The lowest BCUT2D eigenvalue weighted by molar-refractivity contribution is 0.0952. The van der Waals surface area contributed by atoms with Crippen LogP contribution >= 0.6 is 0 Å². The fraction of sp³-hybridized carbons (Fsp3) is 0.636. The van der Waals surface area contributed by atoms with Crippen molar-refractivity contribution >= 4 is 19.8 Å². The molecule has 4 atom stereocenters. The predicted molar refractivity (Wildman–Crippen MR) is 114 cm³/mol. The second-order valence-electron chi connectivity index (χ2n) is 9.76. The van der Waals surface area contributed by atoms with Gasteiger partial charge in [-0.05, 0) is 44.1 Å². The van der Waals surface area contributed by atoms with Gasteiger partial charge in [0.25, 0.3) is 0 Å². The lowest BCUT2D eigenvalue weighted by Gasteiger charge is -2.35. The average molecular weight is 371 g/mol. The summed E-state index contributed by atoms with van der Waals surface area (Å²) in [5.74, 6) is 1.88. The molecule has 0 spiro atoms. The van der Waals surface area contributed by atoms with E-state index in [2.05, 4.69) is 61.2 Å². The monoisotopic (exact) mass is 370 g/mol. The van der Waals surface area contributed by atoms with Crippen LogP contribution in [0.4, 0.5) is 5.69 Å². The van der Waals surface area contributed by atoms with E-state index in [1.54, 1.807) is 0 Å². The van der Waals surface area contributed by atoms with Crippen molar-refractivity contribution in [3.8, 4) is 0 Å². The Bertz CT molecular complexity index is 712. The highest BCUT2D eigenvalue weighted by atomic mass is 28.3. The highest BCUT2D eigenvalue weighted by Gasteiger charge is 2.36. The molecular formula is C22H34N2OSi. The van der Waals surface area contributed by atoms with Gasteiger partial charge in [-0.3, -0.25) is 0 Å². The molecule has 2 N–H and O–H groups in total. The fourth-order valence-corrected chi connectivity index (χ4v) is 5.48. The highest BCUT2D eigenvalue weighted by molar-refractivity contribution is 6.76. The average Bonchev–Trinajstić information content (AvgIpc) is 2.92. The summed E-state index contributed by atoms with van der Waals surface area (Å²) < 4.78 is 6.19. The van der Waals surface area contributed by atoms with Crippen molar-refractivity contribution in [3.05, 3.63) is 35.2 Å². The molecule has 3 aliphatic rings. The van der Waals surface area contributed by atoms with Crippen molar-refractivity contribution in [1.82, 2.24) is 4.98 Å². The maximum absolute atomic E-state index is 6.19. The third kappa shape index (κ3) is 3.72. The molecule has 0 saturated heterocycles. The second-order valence-corrected chi connectivity index (χ2v) is 15.4. The van der Waals surface area contributed by atoms with Crippen LogP contribution in [0, 0.1) is 17.8 Å². The smallest absolute Gasteiger partial charge is 0.0629 e. The highest BCUT2D eigenvalue weighted by Crippen LogP contribution is 2.42. The molecule has 3 unspecified atom stereocenters. The number of aromatic amines is 1. The van der Waals surface area contributed by atoms with Gasteiger partial charge in [-0.2, -0.15) is 0 Å². The van der Waals surface area contributed by atoms with E-state index in [1.165, 1.54) is 41.5 Å². The van der Waals surface area contributed by atoms with Crippen LogP contribution in [0.3, 0.4) is 0 Å². The second kappa shape index (κ2) is 7.04. The lowest BCUT2D eigenvalue weighted by Crippen LogP contribution is -2.36. The third-order valence-corrected chi connectivity index (χ3v) is 8.16. The molecule has 0 radical (unpaired) electrons. The standard InChI is InChI=1S/C22H34N2OSi/c1-15-17-11-18-13-20-19(22(23-15)21(12-17)24-20)8-6-5-7-16(18)14-25-9-10-26(2,3)4/h5-8,15-18,23-24H,9-14H2,1-4H3/b7-5-,8-6-/t15-,16?,17?,18?/m0/s1. The number of aromatic nitrogens is 1. The van der Waals surface area contributed by atoms with Gasteiger partial charge in [-0.1, -0.05) is 43.9 Å². The van der Waals surface area contributed by atoms with Crippen LogP contribution in [-0.4, -0.2) is 32.3 Å². The molecule has 0 amide bonds. The van der Waals surface area contributed by atoms with Crippen molar-refractivity contribution in [2.75, 3.05) is 18.5 Å². The minimum atomic E-state index is -1.02. The minimum Gasteiger partial charge on any atom is -0.381 e. The molecule has 3 heterocycles. The lowest BCUT2D eigenvalue weighted by atomic mass is 9.77. The van der Waals surface area contributed by atoms with Gasteiger partial charge in [-0.25, -0.2) is 0 Å². The third-order valence-electron chi connectivity index (χ3n) is 6.46. The van der Waals surface area contributed by atoms with E-state index < -0.39 is 8.07 Å². The van der Waals surface area contributed by atoms with E-state index in [4.69, 9.17) is 4.74 Å². The number of rotatable bonds is 5. The van der Waals surface area contributed by atoms with Gasteiger partial charge in [0.15, 0.2) is 0 Å². The van der Waals surface area contributed by atoms with Crippen LogP contribution in [0.2, 0.25) is 25.7 Å². The summed E-state index contributed by atoms with van der Waals surface area (Å²) in [6.07, 6.45) is 12.8. The molecule has 2 aliphatic heterocycles. The molecule has 0 saturated carbocycles. The molecule has 4 rings (SSSR count). The minimum absolute atomic E-state index is 0.508. The van der Waals surface area contributed by atoms with Crippen LogP contribution < -0.4 is 5.32 Å². The normalized spacial score (nSPS) is 32.2. The number of hydrogen-bond donors (Lipinski definition) is 2. The maximum atomic E-state index is 6.19. The zero-order valence-electron chi connectivity index (χ0n) is 16.8. The summed E-state index contributed by atoms with van der Waals surface area (Å²) >= 11 is 0. The Morgan fingerprint density at radius 1 is 1.12 bits per heavy atom. The zero-order valence-corrected chi connectivity index (χ0v) is 17.8. The quantitative estimate of drug-likeness (QED) is 0.558. The maximum Gasteiger partial charge on any atom is 0.0629 e. The van der Waals surface area contributed by atoms with Crippen LogP contribution in [0.15, 0.2) is 18.2 Å². The molecule has 1 aliphatic carbocycles. The van der Waals surface area contributed by atoms with Gasteiger partial charge in [0.05, 0.1) is 12.3 Å². The molecule has 26 heavy (non-hydrogen) atoms. The topological polar surface area (TPSA) is 37.0 Å². The Kier molecular flexibility index (Phi) is 4.91. The SMILES string of the molecule is C[C@@H]1Nc2c3[nH]c4c2/C=C\C=C/C(COCC[Si](C)(C)C)C(C4)CC1C3. The van der Waals surface area contributed by atoms with Gasteiger partial charge in [-0.15, -0.1) is 0 Å². The summed E-state index contributed by atoms with van der Waals surface area (Å²) in [6, 6.07) is 1.81. The van der Waals surface area contributed by atoms with Gasteiger partial charge >= 0.3 is 0 Å². The first kappa shape index (κ1) is 18.1. The van der Waals surface area contributed by atoms with Gasteiger partial charge in [0, 0.05) is 43.6 Å². The predicted octanol–water partition coefficient (Wildman–Crippen LogP) is 5.10. The van der Waals surface area contributed by atoms with Gasteiger partial charge < -0.3 is 15.0 Å². The Hall–Kier alpha value is -1.26. The number of hydrogen-bond acceptors (Lipinski definition) is 2. The Morgan fingerprint density at radius 2 is 1.92 bits per heavy atom. The van der Waals surface area contributed by atoms with Crippen molar-refractivity contribution in [3.63, 3.8) is 0 Å². The van der Waals surface area contributed by atoms with Crippen LogP contribution in [0.1, 0.15) is 30.3 Å². The van der Waals surface area contributed by atoms with Crippen LogP contribution in [0.25, 0.3) is 6.08 Å². The summed E-state index contributed by atoms with van der Waals surface area (Å²) in [6.45, 7) is 11.4. The number of H-pyrrole nitrogens is 1. The van der Waals surface area contributed by atoms with Crippen molar-refractivity contribution in [2.45, 2.75) is 57.9 Å². The van der Waals surface area contributed by atoms with E-state index in [1.807, 2.05) is 0 Å². The van der Waals surface area contributed by atoms with Gasteiger partial charge in [0.1, 0.15) is 0 Å². The number of fused-ring (bicyclic) bond motifs is 3. The van der Waals surface area contributed by atoms with E-state index in [0.29, 0.717) is 23.8 Å². The molecule has 1 aromatic rings. The molecule has 0 aromatic carbocycles. The van der Waals surface area contributed by atoms with Crippen LogP contribution in [-0.2, 0) is 17.6 Å². The zero-order chi connectivity index (χ0) is 18.3. The van der Waals surface area contributed by atoms with Gasteiger partial charge in [0.2, 0.25) is 0 Å². The first-order valence-corrected chi connectivity index (χ1v) is 14.0. The van der Waals surface area contributed by atoms with E-state index >= 15 is 0 Å². The number of anilines is 1. The summed E-state index contributed by atoms with van der Waals surface area (Å²) in [5.41, 5.74) is 5.60. The Morgan fingerprint density at radius 3 is 2.73 bits per heavy atom. The van der Waals surface area contributed by atoms with Crippen molar-refractivity contribution in [2.24, 2.45) is 17.8 Å². The first-order chi connectivity index (χ1) is 12.4. The van der Waals surface area contributed by atoms with E-state index in [-0.39, 0.29) is 0 Å². The molecule has 3 nitrogen and oxygen atoms in total. The molecule has 142 valence electrons. The first-order valence-electron chi connectivity index (χ1n) is 10.3. The molecule has 4 heteroatoms. The molecular weight excluding hydrogens is 336 g/mol. The van der Waals surface area contributed by atoms with Crippen molar-refractivity contribution in [1.29, 1.82) is 0 Å². The Labute approximate surface area is 159 Å². The molecule has 4 bridgehead atoms. The number of ether oxygens (including phenoxy) is 1. The van der Waals surface area contributed by atoms with E-state index in [0.717, 1.165) is 19.6 Å². The van der Waals surface area contributed by atoms with Crippen LogP contribution in [0.5, 0.6) is 0 Å².